The number of carbonyl (C=O) groups is 1. The third-order valence-electron chi connectivity index (χ3n) is 2.80. The normalized spacial score (nSPS) is 10.3. The van der Waals surface area contributed by atoms with Gasteiger partial charge in [-0.2, -0.15) is 5.10 Å². The molecule has 0 bridgehead atoms. The van der Waals surface area contributed by atoms with E-state index in [0.29, 0.717) is 11.3 Å². The maximum Gasteiger partial charge on any atom is 0.259 e. The van der Waals surface area contributed by atoms with Gasteiger partial charge in [0.1, 0.15) is 5.75 Å². The molecule has 2 aromatic rings. The number of carbonyl (C=O) groups excluding carboxylic acids is 1. The zero-order valence-corrected chi connectivity index (χ0v) is 10.3. The number of aromatic hydroxyl groups is 1. The van der Waals surface area contributed by atoms with Crippen LogP contribution in [0.4, 0.5) is 5.69 Å². The second-order valence-corrected chi connectivity index (χ2v) is 3.93. The number of aromatic nitrogens is 2. The summed E-state index contributed by atoms with van der Waals surface area (Å²) in [6, 6.07) is 6.62. The molecule has 18 heavy (non-hydrogen) atoms. The average molecular weight is 245 g/mol. The molecule has 2 rings (SSSR count). The molecule has 2 N–H and O–H groups in total. The molecule has 0 saturated carbocycles. The second kappa shape index (κ2) is 4.91. The Morgan fingerprint density at radius 2 is 2.17 bits per heavy atom. The number of para-hydroxylation sites is 2. The van der Waals surface area contributed by atoms with Crippen LogP contribution in [0.1, 0.15) is 23.0 Å². The number of aryl methyl sites for hydroxylation is 1. The molecule has 1 aromatic carbocycles. The fourth-order valence-corrected chi connectivity index (χ4v) is 1.76. The van der Waals surface area contributed by atoms with Gasteiger partial charge in [0.2, 0.25) is 0 Å². The summed E-state index contributed by atoms with van der Waals surface area (Å²) in [6.45, 7) is 4.52. The minimum absolute atomic E-state index is 0.0476. The Morgan fingerprint density at radius 3 is 2.78 bits per heavy atom. The van der Waals surface area contributed by atoms with Crippen LogP contribution >= 0.6 is 0 Å². The van der Waals surface area contributed by atoms with E-state index in [1.807, 2.05) is 13.8 Å². The van der Waals surface area contributed by atoms with Crippen LogP contribution in [0, 0.1) is 6.92 Å². The highest BCUT2D eigenvalue weighted by atomic mass is 16.3. The number of rotatable bonds is 3. The Hall–Kier alpha value is -2.30. The van der Waals surface area contributed by atoms with Crippen molar-refractivity contribution in [3.8, 4) is 5.75 Å². The van der Waals surface area contributed by atoms with Crippen molar-refractivity contribution in [2.75, 3.05) is 5.32 Å². The molecular formula is C13H15N3O2. The van der Waals surface area contributed by atoms with E-state index in [2.05, 4.69) is 10.4 Å². The lowest BCUT2D eigenvalue weighted by Crippen LogP contribution is -2.13. The summed E-state index contributed by atoms with van der Waals surface area (Å²) in [5.74, 6) is -0.222. The van der Waals surface area contributed by atoms with E-state index >= 15 is 0 Å². The van der Waals surface area contributed by atoms with E-state index in [0.717, 1.165) is 12.2 Å². The first-order valence-corrected chi connectivity index (χ1v) is 5.75. The molecule has 0 atom stereocenters. The first-order valence-electron chi connectivity index (χ1n) is 5.75. The zero-order valence-electron chi connectivity index (χ0n) is 10.3. The Bertz CT molecular complexity index is 575. The number of nitrogens with one attached hydrogen (secondary N) is 1. The van der Waals surface area contributed by atoms with Gasteiger partial charge in [0, 0.05) is 12.2 Å². The summed E-state index contributed by atoms with van der Waals surface area (Å²) < 4.78 is 1.75. The number of benzene rings is 1. The first-order chi connectivity index (χ1) is 8.63. The highest BCUT2D eigenvalue weighted by Crippen LogP contribution is 2.22. The minimum Gasteiger partial charge on any atom is -0.506 e. The summed E-state index contributed by atoms with van der Waals surface area (Å²) in [6.07, 6.45) is 1.54. The zero-order chi connectivity index (χ0) is 13.1. The van der Waals surface area contributed by atoms with Gasteiger partial charge in [0.15, 0.2) is 0 Å². The summed E-state index contributed by atoms with van der Waals surface area (Å²) in [5.41, 5.74) is 1.72. The monoisotopic (exact) mass is 245 g/mol. The SMILES string of the molecule is CCn1ncc(C(=O)Nc2ccccc2O)c1C. The molecule has 5 heteroatoms. The maximum absolute atomic E-state index is 12.0. The minimum atomic E-state index is -0.270. The van der Waals surface area contributed by atoms with Crippen molar-refractivity contribution in [2.45, 2.75) is 20.4 Å². The second-order valence-electron chi connectivity index (χ2n) is 3.93. The van der Waals surface area contributed by atoms with Gasteiger partial charge in [0.05, 0.1) is 17.4 Å². The van der Waals surface area contributed by atoms with E-state index in [1.54, 1.807) is 22.9 Å². The van der Waals surface area contributed by atoms with Crippen molar-refractivity contribution in [1.29, 1.82) is 0 Å². The quantitative estimate of drug-likeness (QED) is 0.814. The molecule has 5 nitrogen and oxygen atoms in total. The van der Waals surface area contributed by atoms with Gasteiger partial charge < -0.3 is 10.4 Å². The number of phenols is 1. The molecule has 0 radical (unpaired) electrons. The van der Waals surface area contributed by atoms with Gasteiger partial charge in [-0.25, -0.2) is 0 Å². The Balaban J connectivity index is 2.22. The van der Waals surface area contributed by atoms with Crippen LogP contribution in [0.2, 0.25) is 0 Å². The fourth-order valence-electron chi connectivity index (χ4n) is 1.76. The van der Waals surface area contributed by atoms with Crippen molar-refractivity contribution >= 4 is 11.6 Å². The van der Waals surface area contributed by atoms with E-state index in [-0.39, 0.29) is 11.7 Å². The largest absolute Gasteiger partial charge is 0.506 e. The van der Waals surface area contributed by atoms with Crippen molar-refractivity contribution in [3.05, 3.63) is 41.7 Å². The van der Waals surface area contributed by atoms with Gasteiger partial charge in [0.25, 0.3) is 5.91 Å². The molecule has 0 spiro atoms. The molecule has 1 heterocycles. The highest BCUT2D eigenvalue weighted by Gasteiger charge is 2.14. The van der Waals surface area contributed by atoms with Crippen LogP contribution in [0.15, 0.2) is 30.5 Å². The van der Waals surface area contributed by atoms with E-state index in [1.165, 1.54) is 12.3 Å². The standard InChI is InChI=1S/C13H15N3O2/c1-3-16-9(2)10(8-14-16)13(18)15-11-6-4-5-7-12(11)17/h4-8,17H,3H2,1-2H3,(H,15,18). The van der Waals surface area contributed by atoms with Crippen LogP contribution in [0.5, 0.6) is 5.75 Å². The number of hydrogen-bond donors (Lipinski definition) is 2. The lowest BCUT2D eigenvalue weighted by Gasteiger charge is -2.06. The number of phenolic OH excluding ortho intramolecular Hbond substituents is 1. The van der Waals surface area contributed by atoms with Gasteiger partial charge in [-0.15, -0.1) is 0 Å². The van der Waals surface area contributed by atoms with Crippen molar-refractivity contribution in [2.24, 2.45) is 0 Å². The van der Waals surface area contributed by atoms with Crippen LogP contribution < -0.4 is 5.32 Å². The predicted molar refractivity (Wildman–Crippen MR) is 68.7 cm³/mol. The molecule has 0 aliphatic rings. The van der Waals surface area contributed by atoms with E-state index in [4.69, 9.17) is 0 Å². The highest BCUT2D eigenvalue weighted by molar-refractivity contribution is 6.05. The average Bonchev–Trinajstić information content (AvgIpc) is 2.73. The van der Waals surface area contributed by atoms with Gasteiger partial charge in [-0.05, 0) is 26.0 Å². The Kier molecular flexibility index (Phi) is 3.32. The van der Waals surface area contributed by atoms with Crippen molar-refractivity contribution in [3.63, 3.8) is 0 Å². The molecule has 0 unspecified atom stereocenters. The number of anilines is 1. The smallest absolute Gasteiger partial charge is 0.259 e. The summed E-state index contributed by atoms with van der Waals surface area (Å²) in [5, 5.41) is 16.4. The molecule has 94 valence electrons. The van der Waals surface area contributed by atoms with Crippen LogP contribution in [0.3, 0.4) is 0 Å². The lowest BCUT2D eigenvalue weighted by molar-refractivity contribution is 0.102. The lowest BCUT2D eigenvalue weighted by atomic mass is 10.2. The van der Waals surface area contributed by atoms with Crippen molar-refractivity contribution < 1.29 is 9.90 Å². The first kappa shape index (κ1) is 12.2. The van der Waals surface area contributed by atoms with Crippen LogP contribution in [-0.2, 0) is 6.54 Å². The topological polar surface area (TPSA) is 67.2 Å². The molecule has 1 aromatic heterocycles. The molecule has 0 fully saturated rings. The molecular weight excluding hydrogens is 230 g/mol. The predicted octanol–water partition coefficient (Wildman–Crippen LogP) is 2.17. The number of hydrogen-bond acceptors (Lipinski definition) is 3. The Morgan fingerprint density at radius 1 is 1.44 bits per heavy atom. The van der Waals surface area contributed by atoms with E-state index in [9.17, 15) is 9.90 Å². The van der Waals surface area contributed by atoms with Crippen LogP contribution in [-0.4, -0.2) is 20.8 Å². The summed E-state index contributed by atoms with van der Waals surface area (Å²) in [7, 11) is 0. The summed E-state index contributed by atoms with van der Waals surface area (Å²) in [4.78, 5) is 12.0. The fraction of sp³-hybridized carbons (Fsp3) is 0.231. The van der Waals surface area contributed by atoms with Crippen LogP contribution in [0.25, 0.3) is 0 Å². The van der Waals surface area contributed by atoms with Crippen molar-refractivity contribution in [1.82, 2.24) is 9.78 Å². The molecule has 1 amide bonds. The van der Waals surface area contributed by atoms with Gasteiger partial charge >= 0.3 is 0 Å². The maximum atomic E-state index is 12.0. The third kappa shape index (κ3) is 2.20. The van der Waals surface area contributed by atoms with Gasteiger partial charge in [-0.3, -0.25) is 9.48 Å². The number of nitrogens with zero attached hydrogens (tertiary/aromatic N) is 2. The molecule has 0 saturated heterocycles. The Labute approximate surface area is 105 Å². The van der Waals surface area contributed by atoms with Gasteiger partial charge in [-0.1, -0.05) is 12.1 Å². The number of amides is 1. The summed E-state index contributed by atoms with van der Waals surface area (Å²) >= 11 is 0. The molecule has 0 aliphatic heterocycles. The third-order valence-corrected chi connectivity index (χ3v) is 2.80. The molecule has 0 aliphatic carbocycles. The van der Waals surface area contributed by atoms with E-state index < -0.39 is 0 Å².